The van der Waals surface area contributed by atoms with Gasteiger partial charge in [-0.2, -0.15) is 0 Å². The Morgan fingerprint density at radius 1 is 1.00 bits per heavy atom. The smallest absolute Gasteiger partial charge is 0.328 e. The van der Waals surface area contributed by atoms with Crippen molar-refractivity contribution in [2.45, 2.75) is 6.92 Å². The first-order valence-electron chi connectivity index (χ1n) is 4.66. The van der Waals surface area contributed by atoms with Crippen molar-refractivity contribution < 1.29 is 19.5 Å². The highest BCUT2D eigenvalue weighted by Gasteiger charge is 2.13. The summed E-state index contributed by atoms with van der Waals surface area (Å²) in [6.45, 7) is 1.19. The molecule has 0 bridgehead atoms. The molecule has 90 valence electrons. The van der Waals surface area contributed by atoms with E-state index in [9.17, 15) is 14.4 Å². The van der Waals surface area contributed by atoms with E-state index in [1.807, 2.05) is 10.9 Å². The number of hydrogen-bond acceptors (Lipinski definition) is 4. The second-order valence-electron chi connectivity index (χ2n) is 3.14. The maximum absolute atomic E-state index is 11.3. The summed E-state index contributed by atoms with van der Waals surface area (Å²) in [6, 6.07) is 5.58. The van der Waals surface area contributed by atoms with Crippen LogP contribution >= 0.6 is 0 Å². The van der Waals surface area contributed by atoms with Crippen molar-refractivity contribution in [1.29, 1.82) is 0 Å². The lowest BCUT2D eigenvalue weighted by molar-refractivity contribution is -0.138. The van der Waals surface area contributed by atoms with Crippen LogP contribution in [0.25, 0.3) is 0 Å². The van der Waals surface area contributed by atoms with Gasteiger partial charge in [0.25, 0.3) is 0 Å². The molecule has 0 aliphatic carbocycles. The fraction of sp³-hybridized carbons (Fsp3) is 0.100. The number of aromatic hydroxyl groups is 1. The van der Waals surface area contributed by atoms with Crippen LogP contribution in [0.3, 0.4) is 0 Å². The lowest BCUT2D eigenvalue weighted by atomic mass is 10.3. The van der Waals surface area contributed by atoms with E-state index in [0.29, 0.717) is 5.69 Å². The van der Waals surface area contributed by atoms with Gasteiger partial charge in [0.05, 0.1) is 0 Å². The number of carbonyl (C=O) groups excluding carboxylic acids is 3. The molecule has 17 heavy (non-hydrogen) atoms. The number of phenolic OH excluding ortho intramolecular Hbond substituents is 1. The van der Waals surface area contributed by atoms with Gasteiger partial charge in [0.15, 0.2) is 0 Å². The molecule has 0 saturated heterocycles. The van der Waals surface area contributed by atoms with Crippen LogP contribution in [-0.2, 0) is 14.4 Å². The lowest BCUT2D eigenvalue weighted by Gasteiger charge is -2.06. The Bertz CT molecular complexity index is 441. The van der Waals surface area contributed by atoms with E-state index in [4.69, 9.17) is 5.11 Å². The summed E-state index contributed by atoms with van der Waals surface area (Å²) < 4.78 is 0. The number of carbonyl (C=O) groups is 3. The Morgan fingerprint density at radius 2 is 1.59 bits per heavy atom. The van der Waals surface area contributed by atoms with Gasteiger partial charge in [0.2, 0.25) is 5.91 Å². The van der Waals surface area contributed by atoms with E-state index in [1.54, 1.807) is 0 Å². The third kappa shape index (κ3) is 4.20. The fourth-order valence-electron chi connectivity index (χ4n) is 0.934. The van der Waals surface area contributed by atoms with E-state index in [-0.39, 0.29) is 5.75 Å². The molecule has 0 heterocycles. The summed E-state index contributed by atoms with van der Waals surface area (Å²) in [7, 11) is 0. The minimum atomic E-state index is -0.992. The normalized spacial score (nSPS) is 9.24. The van der Waals surface area contributed by atoms with Crippen LogP contribution in [-0.4, -0.2) is 22.8 Å². The van der Waals surface area contributed by atoms with Gasteiger partial charge >= 0.3 is 11.8 Å². The molecule has 7 heteroatoms. The zero-order valence-electron chi connectivity index (χ0n) is 8.98. The van der Waals surface area contributed by atoms with Gasteiger partial charge in [-0.1, -0.05) is 0 Å². The van der Waals surface area contributed by atoms with Gasteiger partial charge in [-0.3, -0.25) is 25.2 Å². The molecular weight excluding hydrogens is 226 g/mol. The first kappa shape index (κ1) is 12.5. The quantitative estimate of drug-likeness (QED) is 0.300. The molecule has 7 nitrogen and oxygen atoms in total. The summed E-state index contributed by atoms with van der Waals surface area (Å²) >= 11 is 0. The van der Waals surface area contributed by atoms with Crippen molar-refractivity contribution in [1.82, 2.24) is 10.9 Å². The summed E-state index contributed by atoms with van der Waals surface area (Å²) in [5.41, 5.74) is 4.25. The summed E-state index contributed by atoms with van der Waals surface area (Å²) in [4.78, 5) is 32.9. The molecule has 0 saturated carbocycles. The van der Waals surface area contributed by atoms with E-state index in [1.165, 1.54) is 31.2 Å². The average molecular weight is 237 g/mol. The van der Waals surface area contributed by atoms with Crippen LogP contribution in [0.4, 0.5) is 5.69 Å². The van der Waals surface area contributed by atoms with Gasteiger partial charge in [0.1, 0.15) is 5.75 Å². The van der Waals surface area contributed by atoms with Gasteiger partial charge in [-0.15, -0.1) is 0 Å². The van der Waals surface area contributed by atoms with Crippen molar-refractivity contribution in [3.8, 4) is 5.75 Å². The molecule has 1 aromatic rings. The highest BCUT2D eigenvalue weighted by molar-refractivity contribution is 6.39. The van der Waals surface area contributed by atoms with E-state index >= 15 is 0 Å². The molecule has 1 rings (SSSR count). The SMILES string of the molecule is CC(=O)NNC(=O)C(=O)Nc1ccc(O)cc1. The zero-order chi connectivity index (χ0) is 12.8. The maximum Gasteiger partial charge on any atom is 0.328 e. The number of anilines is 1. The molecule has 1 aromatic carbocycles. The molecule has 0 aliphatic rings. The number of hydrogen-bond donors (Lipinski definition) is 4. The second-order valence-corrected chi connectivity index (χ2v) is 3.14. The first-order chi connectivity index (χ1) is 7.99. The van der Waals surface area contributed by atoms with Crippen molar-refractivity contribution in [2.75, 3.05) is 5.32 Å². The standard InChI is InChI=1S/C10H11N3O4/c1-6(14)12-13-10(17)9(16)11-7-2-4-8(15)5-3-7/h2-5,15H,1H3,(H,11,16)(H,12,14)(H,13,17). The second kappa shape index (κ2) is 5.50. The monoisotopic (exact) mass is 237 g/mol. The Hall–Kier alpha value is -2.57. The number of rotatable bonds is 1. The Kier molecular flexibility index (Phi) is 4.04. The highest BCUT2D eigenvalue weighted by Crippen LogP contribution is 2.13. The molecule has 0 fully saturated rings. The Morgan fingerprint density at radius 3 is 2.12 bits per heavy atom. The molecule has 4 N–H and O–H groups in total. The van der Waals surface area contributed by atoms with Gasteiger partial charge in [0, 0.05) is 12.6 Å². The molecule has 0 radical (unpaired) electrons. The third-order valence-electron chi connectivity index (χ3n) is 1.68. The number of hydrazine groups is 1. The molecule has 0 aliphatic heterocycles. The van der Waals surface area contributed by atoms with Crippen LogP contribution in [0.15, 0.2) is 24.3 Å². The average Bonchev–Trinajstić information content (AvgIpc) is 2.28. The Labute approximate surface area is 96.8 Å². The van der Waals surface area contributed by atoms with Crippen molar-refractivity contribution in [3.05, 3.63) is 24.3 Å². The summed E-state index contributed by atoms with van der Waals surface area (Å²) in [6.07, 6.45) is 0. The van der Waals surface area contributed by atoms with Gasteiger partial charge in [-0.25, -0.2) is 0 Å². The molecule has 0 aromatic heterocycles. The minimum Gasteiger partial charge on any atom is -0.508 e. The molecule has 3 amide bonds. The van der Waals surface area contributed by atoms with Gasteiger partial charge < -0.3 is 10.4 Å². The van der Waals surface area contributed by atoms with E-state index < -0.39 is 17.7 Å². The topological polar surface area (TPSA) is 108 Å². The third-order valence-corrected chi connectivity index (χ3v) is 1.68. The van der Waals surface area contributed by atoms with Crippen molar-refractivity contribution in [2.24, 2.45) is 0 Å². The van der Waals surface area contributed by atoms with Crippen LogP contribution < -0.4 is 16.2 Å². The molecular formula is C10H11N3O4. The number of phenols is 1. The lowest BCUT2D eigenvalue weighted by Crippen LogP contribution is -2.45. The van der Waals surface area contributed by atoms with Crippen LogP contribution in [0.5, 0.6) is 5.75 Å². The maximum atomic E-state index is 11.3. The predicted molar refractivity (Wildman–Crippen MR) is 58.7 cm³/mol. The molecule has 0 unspecified atom stereocenters. The molecule has 0 spiro atoms. The zero-order valence-corrected chi connectivity index (χ0v) is 8.98. The highest BCUT2D eigenvalue weighted by atomic mass is 16.3. The van der Waals surface area contributed by atoms with E-state index in [0.717, 1.165) is 0 Å². The molecule has 0 atom stereocenters. The number of nitrogens with one attached hydrogen (secondary N) is 3. The van der Waals surface area contributed by atoms with E-state index in [2.05, 4.69) is 5.32 Å². The summed E-state index contributed by atoms with van der Waals surface area (Å²) in [5.74, 6) is -2.36. The number of amides is 3. The Balaban J connectivity index is 2.51. The fourth-order valence-corrected chi connectivity index (χ4v) is 0.934. The first-order valence-corrected chi connectivity index (χ1v) is 4.66. The minimum absolute atomic E-state index is 0.0469. The van der Waals surface area contributed by atoms with Crippen molar-refractivity contribution >= 4 is 23.4 Å². The number of benzene rings is 1. The van der Waals surface area contributed by atoms with Gasteiger partial charge in [-0.05, 0) is 24.3 Å². The van der Waals surface area contributed by atoms with Crippen LogP contribution in [0.2, 0.25) is 0 Å². The largest absolute Gasteiger partial charge is 0.508 e. The predicted octanol–water partition coefficient (Wildman–Crippen LogP) is -0.502. The van der Waals surface area contributed by atoms with Crippen LogP contribution in [0.1, 0.15) is 6.92 Å². The summed E-state index contributed by atoms with van der Waals surface area (Å²) in [5, 5.41) is 11.3. The van der Waals surface area contributed by atoms with Crippen LogP contribution in [0, 0.1) is 0 Å². The van der Waals surface area contributed by atoms with Crippen molar-refractivity contribution in [3.63, 3.8) is 0 Å².